The number of aryl methyl sites for hydroxylation is 2. The van der Waals surface area contributed by atoms with Gasteiger partial charge in [0.25, 0.3) is 5.78 Å². The van der Waals surface area contributed by atoms with E-state index in [0.717, 1.165) is 40.6 Å². The van der Waals surface area contributed by atoms with E-state index >= 15 is 0 Å². The summed E-state index contributed by atoms with van der Waals surface area (Å²) in [5.74, 6) is -0.0791. The van der Waals surface area contributed by atoms with Crippen molar-refractivity contribution in [3.05, 3.63) is 82.4 Å². The largest absolute Gasteiger partial charge is 0.507 e. The highest BCUT2D eigenvalue weighted by Gasteiger charge is 2.48. The zero-order valence-electron chi connectivity index (χ0n) is 23.8. The summed E-state index contributed by atoms with van der Waals surface area (Å²) in [6.45, 7) is 7.56. The number of hydrogen-bond donors (Lipinski definition) is 1. The predicted octanol–water partition coefficient (Wildman–Crippen LogP) is 6.88. The van der Waals surface area contributed by atoms with Gasteiger partial charge < -0.3 is 19.3 Å². The van der Waals surface area contributed by atoms with Crippen LogP contribution < -0.4 is 19.1 Å². The van der Waals surface area contributed by atoms with Crippen molar-refractivity contribution < 1.29 is 28.9 Å². The normalized spacial score (nSPS) is 17.7. The molecule has 8 nitrogen and oxygen atoms in total. The minimum atomic E-state index is -0.894. The Morgan fingerprint density at radius 3 is 2.55 bits per heavy atom. The lowest BCUT2D eigenvalue weighted by Crippen LogP contribution is -2.29. The first-order valence-corrected chi connectivity index (χ1v) is 15.0. The summed E-state index contributed by atoms with van der Waals surface area (Å²) in [7, 11) is 0. The van der Waals surface area contributed by atoms with Gasteiger partial charge in [-0.15, -0.1) is 0 Å². The van der Waals surface area contributed by atoms with Gasteiger partial charge >= 0.3 is 5.91 Å². The summed E-state index contributed by atoms with van der Waals surface area (Å²) in [4.78, 5) is 33.6. The number of ketones is 1. The number of hydrogen-bond acceptors (Lipinski definition) is 8. The van der Waals surface area contributed by atoms with E-state index in [1.54, 1.807) is 18.2 Å². The first-order valence-electron chi connectivity index (χ1n) is 14.2. The summed E-state index contributed by atoms with van der Waals surface area (Å²) in [5, 5.41) is 12.0. The molecule has 216 valence electrons. The smallest absolute Gasteiger partial charge is 0.301 e. The molecule has 4 aromatic rings. The number of thiazole rings is 1. The molecular formula is C33H32N2O6S. The van der Waals surface area contributed by atoms with Crippen LogP contribution in [0.5, 0.6) is 17.2 Å². The lowest BCUT2D eigenvalue weighted by atomic mass is 9.95. The quantitative estimate of drug-likeness (QED) is 0.104. The fourth-order valence-electron chi connectivity index (χ4n) is 5.44. The molecule has 2 aliphatic rings. The van der Waals surface area contributed by atoms with E-state index in [4.69, 9.17) is 19.2 Å². The van der Waals surface area contributed by atoms with Crippen molar-refractivity contribution in [2.24, 2.45) is 0 Å². The molecule has 0 radical (unpaired) electrons. The highest BCUT2D eigenvalue weighted by Crippen LogP contribution is 2.45. The zero-order chi connectivity index (χ0) is 29.4. The Bertz CT molecular complexity index is 1710. The lowest BCUT2D eigenvalue weighted by Gasteiger charge is -2.23. The number of aliphatic hydroxyl groups is 1. The van der Waals surface area contributed by atoms with Crippen molar-refractivity contribution >= 4 is 44.1 Å². The fraction of sp³-hybridized carbons (Fsp3) is 0.303. The van der Waals surface area contributed by atoms with E-state index in [-0.39, 0.29) is 11.3 Å². The van der Waals surface area contributed by atoms with Crippen LogP contribution in [-0.2, 0) is 9.59 Å². The molecule has 0 bridgehead atoms. The fourth-order valence-corrected chi connectivity index (χ4v) is 6.61. The molecule has 1 amide bonds. The Kier molecular flexibility index (Phi) is 7.60. The van der Waals surface area contributed by atoms with E-state index in [0.29, 0.717) is 53.3 Å². The third kappa shape index (κ3) is 5.09. The molecule has 0 spiro atoms. The van der Waals surface area contributed by atoms with E-state index in [9.17, 15) is 14.7 Å². The Morgan fingerprint density at radius 2 is 1.79 bits per heavy atom. The molecule has 6 rings (SSSR count). The van der Waals surface area contributed by atoms with E-state index < -0.39 is 17.7 Å². The lowest BCUT2D eigenvalue weighted by molar-refractivity contribution is -0.132. The third-order valence-electron chi connectivity index (χ3n) is 7.50. The molecule has 0 aliphatic carbocycles. The monoisotopic (exact) mass is 584 g/mol. The highest BCUT2D eigenvalue weighted by molar-refractivity contribution is 7.22. The van der Waals surface area contributed by atoms with Crippen LogP contribution >= 0.6 is 11.3 Å². The van der Waals surface area contributed by atoms with E-state index in [2.05, 4.69) is 6.92 Å². The minimum Gasteiger partial charge on any atom is -0.507 e. The summed E-state index contributed by atoms with van der Waals surface area (Å²) in [5.41, 5.74) is 3.85. The second kappa shape index (κ2) is 11.5. The number of benzene rings is 3. The summed E-state index contributed by atoms with van der Waals surface area (Å²) >= 11 is 1.35. The number of fused-ring (bicyclic) bond motifs is 2. The Labute approximate surface area is 248 Å². The first kappa shape index (κ1) is 27.8. The van der Waals surface area contributed by atoms with Gasteiger partial charge in [-0.2, -0.15) is 0 Å². The van der Waals surface area contributed by atoms with Crippen molar-refractivity contribution in [1.29, 1.82) is 0 Å². The second-order valence-electron chi connectivity index (χ2n) is 10.6. The summed E-state index contributed by atoms with van der Waals surface area (Å²) < 4.78 is 18.1. The highest BCUT2D eigenvalue weighted by atomic mass is 32.1. The van der Waals surface area contributed by atoms with Crippen molar-refractivity contribution in [3.63, 3.8) is 0 Å². The summed E-state index contributed by atoms with van der Waals surface area (Å²) in [6.07, 6.45) is 3.16. The zero-order valence-corrected chi connectivity index (χ0v) is 24.6. The van der Waals surface area contributed by atoms with Gasteiger partial charge in [-0.1, -0.05) is 49.3 Å². The number of rotatable bonds is 8. The topological polar surface area (TPSA) is 98.2 Å². The van der Waals surface area contributed by atoms with Crippen molar-refractivity contribution in [1.82, 2.24) is 4.98 Å². The van der Waals surface area contributed by atoms with Gasteiger partial charge in [0.1, 0.15) is 24.7 Å². The number of Topliss-reactive ketones (excluding diaryl/α,β-unsaturated/α-hetero) is 1. The molecule has 2 aliphatic heterocycles. The van der Waals surface area contributed by atoms with Gasteiger partial charge in [0.05, 0.1) is 28.4 Å². The molecular weight excluding hydrogens is 552 g/mol. The maximum Gasteiger partial charge on any atom is 0.301 e. The van der Waals surface area contributed by atoms with Crippen LogP contribution in [0.4, 0.5) is 5.13 Å². The molecule has 1 aromatic heterocycles. The predicted molar refractivity (Wildman–Crippen MR) is 163 cm³/mol. The third-order valence-corrected chi connectivity index (χ3v) is 8.50. The number of amides is 1. The van der Waals surface area contributed by atoms with Gasteiger partial charge in [0.2, 0.25) is 0 Å². The van der Waals surface area contributed by atoms with E-state index in [1.165, 1.54) is 16.2 Å². The van der Waals surface area contributed by atoms with Crippen molar-refractivity contribution in [2.45, 2.75) is 46.1 Å². The molecule has 3 heterocycles. The number of carbonyl (C=O) groups excluding carboxylic acids is 2. The van der Waals surface area contributed by atoms with E-state index in [1.807, 2.05) is 50.2 Å². The maximum absolute atomic E-state index is 13.7. The van der Waals surface area contributed by atoms with Crippen LogP contribution in [0.3, 0.4) is 0 Å². The Balaban J connectivity index is 1.46. The first-order chi connectivity index (χ1) is 20.4. The molecule has 1 fully saturated rings. The van der Waals surface area contributed by atoms with Gasteiger partial charge in [-0.05, 0) is 73.4 Å². The summed E-state index contributed by atoms with van der Waals surface area (Å²) in [6, 6.07) is 15.5. The van der Waals surface area contributed by atoms with Crippen LogP contribution in [0.1, 0.15) is 54.5 Å². The average molecular weight is 585 g/mol. The van der Waals surface area contributed by atoms with Gasteiger partial charge in [0, 0.05) is 5.56 Å². The molecule has 1 saturated heterocycles. The molecule has 1 atom stereocenters. The molecule has 9 heteroatoms. The average Bonchev–Trinajstić information content (AvgIpc) is 3.53. The molecule has 1 N–H and O–H groups in total. The second-order valence-corrected chi connectivity index (χ2v) is 11.6. The Morgan fingerprint density at radius 1 is 1.02 bits per heavy atom. The minimum absolute atomic E-state index is 0.0135. The van der Waals surface area contributed by atoms with Gasteiger partial charge in [0.15, 0.2) is 16.6 Å². The standard InChI is InChI=1S/C33H32N2O6S/c1-4-5-6-13-39-23-10-7-21(8-11-23)29-27(30(36)22-9-12-24-25(18-22)41-15-14-40-24)31(37)32(38)35(29)33-34-28-20(3)16-19(2)17-26(28)42-33/h7-12,16-18,29,36H,4-6,13-15H2,1-3H3/b30-27+/t29-/m0/s1. The number of nitrogens with zero attached hydrogens (tertiary/aromatic N) is 2. The number of carbonyl (C=O) groups is 2. The number of aromatic nitrogens is 1. The van der Waals surface area contributed by atoms with Crippen molar-refractivity contribution in [3.8, 4) is 17.2 Å². The molecule has 0 unspecified atom stereocenters. The van der Waals surface area contributed by atoms with Crippen LogP contribution in [0, 0.1) is 13.8 Å². The number of unbranched alkanes of at least 4 members (excludes halogenated alkanes) is 2. The van der Waals surface area contributed by atoms with Crippen LogP contribution in [-0.4, -0.2) is 41.6 Å². The van der Waals surface area contributed by atoms with Crippen LogP contribution in [0.25, 0.3) is 16.0 Å². The van der Waals surface area contributed by atoms with Crippen LogP contribution in [0.15, 0.2) is 60.2 Å². The van der Waals surface area contributed by atoms with Crippen LogP contribution in [0.2, 0.25) is 0 Å². The number of ether oxygens (including phenoxy) is 3. The number of anilines is 1. The van der Waals surface area contributed by atoms with Gasteiger partial charge in [-0.25, -0.2) is 4.98 Å². The SMILES string of the molecule is CCCCCOc1ccc([C@H]2/C(=C(\O)c3ccc4c(c3)OCCO4)C(=O)C(=O)N2c2nc3c(C)cc(C)cc3s2)cc1. The number of aliphatic hydroxyl groups excluding tert-OH is 1. The van der Waals surface area contributed by atoms with Crippen molar-refractivity contribution in [2.75, 3.05) is 24.7 Å². The molecule has 42 heavy (non-hydrogen) atoms. The Hall–Kier alpha value is -4.37. The maximum atomic E-state index is 13.7. The molecule has 3 aromatic carbocycles. The molecule has 0 saturated carbocycles. The van der Waals surface area contributed by atoms with Gasteiger partial charge in [-0.3, -0.25) is 14.5 Å².